The van der Waals surface area contributed by atoms with Crippen molar-refractivity contribution in [2.75, 3.05) is 32.4 Å². The molecule has 136 valence electrons. The number of hydrogen-bond acceptors (Lipinski definition) is 7. The van der Waals surface area contributed by atoms with Crippen molar-refractivity contribution >= 4 is 47.2 Å². The highest BCUT2D eigenvalue weighted by atomic mass is 32.2. The number of benzene rings is 1. The van der Waals surface area contributed by atoms with Crippen molar-refractivity contribution in [1.82, 2.24) is 0 Å². The molecule has 0 saturated carbocycles. The molecule has 0 radical (unpaired) electrons. The van der Waals surface area contributed by atoms with Gasteiger partial charge < -0.3 is 14.4 Å². The standard InChI is InChI=1S/C19H19NO4S2/c1-20-13-8-6-5-7-12(13)9-10-19(20)11-14(25-4)26-16(18(22)24-3)15(19)17(21)23-2/h5-11H,1-4H3. The van der Waals surface area contributed by atoms with Gasteiger partial charge in [-0.15, -0.1) is 11.8 Å². The second-order valence-corrected chi connectivity index (χ2v) is 7.89. The van der Waals surface area contributed by atoms with Gasteiger partial charge in [-0.1, -0.05) is 36.0 Å². The van der Waals surface area contributed by atoms with Crippen LogP contribution in [0, 0.1) is 0 Å². The van der Waals surface area contributed by atoms with E-state index < -0.39 is 17.5 Å². The van der Waals surface area contributed by atoms with Crippen LogP contribution in [-0.4, -0.2) is 45.0 Å². The van der Waals surface area contributed by atoms with E-state index in [0.717, 1.165) is 15.5 Å². The van der Waals surface area contributed by atoms with Gasteiger partial charge in [0.1, 0.15) is 10.4 Å². The van der Waals surface area contributed by atoms with E-state index in [1.165, 1.54) is 37.7 Å². The molecule has 5 nitrogen and oxygen atoms in total. The SMILES string of the molecule is COC(=O)C1=C(C(=O)OC)C2(C=Cc3ccccc3N2C)C=C(SC)S1. The molecule has 7 heteroatoms. The van der Waals surface area contributed by atoms with Crippen molar-refractivity contribution in [3.05, 3.63) is 56.7 Å². The van der Waals surface area contributed by atoms with Crippen LogP contribution in [-0.2, 0) is 19.1 Å². The number of esters is 2. The third-order valence-electron chi connectivity index (χ3n) is 4.50. The van der Waals surface area contributed by atoms with Crippen LogP contribution in [0.4, 0.5) is 5.69 Å². The summed E-state index contributed by atoms with van der Waals surface area (Å²) in [6, 6.07) is 7.91. The molecule has 3 rings (SSSR count). The van der Waals surface area contributed by atoms with Gasteiger partial charge in [0.25, 0.3) is 0 Å². The lowest BCUT2D eigenvalue weighted by molar-refractivity contribution is -0.139. The van der Waals surface area contributed by atoms with Crippen LogP contribution in [0.2, 0.25) is 0 Å². The average molecular weight is 389 g/mol. The lowest BCUT2D eigenvalue weighted by Gasteiger charge is -2.45. The molecule has 2 aliphatic rings. The minimum Gasteiger partial charge on any atom is -0.466 e. The lowest BCUT2D eigenvalue weighted by Crippen LogP contribution is -2.51. The second-order valence-electron chi connectivity index (χ2n) is 5.73. The van der Waals surface area contributed by atoms with E-state index in [0.29, 0.717) is 0 Å². The number of para-hydroxylation sites is 1. The number of likely N-dealkylation sites (N-methyl/N-ethyl adjacent to an activating group) is 1. The highest BCUT2D eigenvalue weighted by molar-refractivity contribution is 8.24. The molecule has 0 bridgehead atoms. The van der Waals surface area contributed by atoms with Gasteiger partial charge in [-0.25, -0.2) is 9.59 Å². The number of ether oxygens (including phenoxy) is 2. The Bertz CT molecular complexity index is 859. The summed E-state index contributed by atoms with van der Waals surface area (Å²) in [5, 5.41) is 0. The molecule has 26 heavy (non-hydrogen) atoms. The molecule has 0 fully saturated rings. The van der Waals surface area contributed by atoms with E-state index in [1.807, 2.05) is 60.7 Å². The molecule has 1 aromatic carbocycles. The van der Waals surface area contributed by atoms with Crippen LogP contribution >= 0.6 is 23.5 Å². The zero-order chi connectivity index (χ0) is 18.9. The quantitative estimate of drug-likeness (QED) is 0.734. The topological polar surface area (TPSA) is 55.8 Å². The number of rotatable bonds is 3. The Hall–Kier alpha value is -2.12. The largest absolute Gasteiger partial charge is 0.466 e. The van der Waals surface area contributed by atoms with E-state index in [9.17, 15) is 9.59 Å². The van der Waals surface area contributed by atoms with E-state index in [1.54, 1.807) is 0 Å². The molecule has 2 heterocycles. The first kappa shape index (κ1) is 18.7. The van der Waals surface area contributed by atoms with E-state index in [4.69, 9.17) is 9.47 Å². The molecule has 1 atom stereocenters. The number of anilines is 1. The van der Waals surface area contributed by atoms with Gasteiger partial charge in [0, 0.05) is 17.0 Å². The number of hydrogen-bond donors (Lipinski definition) is 0. The first-order valence-electron chi connectivity index (χ1n) is 7.86. The number of nitrogens with zero attached hydrogens (tertiary/aromatic N) is 1. The van der Waals surface area contributed by atoms with Crippen LogP contribution in [0.1, 0.15) is 5.56 Å². The minimum absolute atomic E-state index is 0.252. The van der Waals surface area contributed by atoms with Crippen molar-refractivity contribution in [3.63, 3.8) is 0 Å². The molecule has 0 amide bonds. The molecule has 0 N–H and O–H groups in total. The maximum Gasteiger partial charge on any atom is 0.345 e. The molecular formula is C19H19NO4S2. The maximum absolute atomic E-state index is 12.7. The third kappa shape index (κ3) is 2.85. The molecule has 0 aromatic heterocycles. The summed E-state index contributed by atoms with van der Waals surface area (Å²) in [6.07, 6.45) is 7.83. The second kappa shape index (κ2) is 7.25. The van der Waals surface area contributed by atoms with Crippen molar-refractivity contribution < 1.29 is 19.1 Å². The zero-order valence-corrected chi connectivity index (χ0v) is 16.6. The van der Waals surface area contributed by atoms with Gasteiger partial charge >= 0.3 is 11.9 Å². The fraction of sp³-hybridized carbons (Fsp3) is 0.263. The highest BCUT2D eigenvalue weighted by Gasteiger charge is 2.47. The summed E-state index contributed by atoms with van der Waals surface area (Å²) in [6.45, 7) is 0. The Balaban J connectivity index is 2.29. The van der Waals surface area contributed by atoms with Gasteiger partial charge in [0.05, 0.1) is 19.8 Å². The van der Waals surface area contributed by atoms with Gasteiger partial charge in [-0.05, 0) is 30.0 Å². The number of thioether (sulfide) groups is 2. The monoisotopic (exact) mass is 389 g/mol. The van der Waals surface area contributed by atoms with Crippen molar-refractivity contribution in [3.8, 4) is 0 Å². The molecule has 0 saturated heterocycles. The Morgan fingerprint density at radius 2 is 1.85 bits per heavy atom. The summed E-state index contributed by atoms with van der Waals surface area (Å²) < 4.78 is 10.9. The minimum atomic E-state index is -0.922. The van der Waals surface area contributed by atoms with Gasteiger partial charge in [-0.3, -0.25) is 0 Å². The summed E-state index contributed by atoms with van der Waals surface area (Å²) in [5.41, 5.74) is 1.35. The fourth-order valence-electron chi connectivity index (χ4n) is 3.17. The van der Waals surface area contributed by atoms with Crippen molar-refractivity contribution in [2.45, 2.75) is 5.54 Å². The van der Waals surface area contributed by atoms with Crippen LogP contribution in [0.5, 0.6) is 0 Å². The Morgan fingerprint density at radius 1 is 1.15 bits per heavy atom. The fourth-order valence-corrected chi connectivity index (χ4v) is 5.00. The van der Waals surface area contributed by atoms with Crippen molar-refractivity contribution in [1.29, 1.82) is 0 Å². The van der Waals surface area contributed by atoms with Crippen LogP contribution in [0.15, 0.2) is 51.1 Å². The molecular weight excluding hydrogens is 370 g/mol. The van der Waals surface area contributed by atoms with Gasteiger partial charge in [0.2, 0.25) is 0 Å². The van der Waals surface area contributed by atoms with Crippen LogP contribution in [0.3, 0.4) is 0 Å². The lowest BCUT2D eigenvalue weighted by atomic mass is 9.82. The Labute approximate surface area is 161 Å². The van der Waals surface area contributed by atoms with Gasteiger partial charge in [-0.2, -0.15) is 0 Å². The summed E-state index contributed by atoms with van der Waals surface area (Å²) in [7, 11) is 4.53. The van der Waals surface area contributed by atoms with Crippen LogP contribution in [0.25, 0.3) is 6.08 Å². The molecule has 2 aliphatic heterocycles. The smallest absolute Gasteiger partial charge is 0.345 e. The first-order valence-corrected chi connectivity index (χ1v) is 9.90. The first-order chi connectivity index (χ1) is 12.5. The normalized spacial score (nSPS) is 21.4. The molecule has 1 spiro atoms. The van der Waals surface area contributed by atoms with E-state index in [-0.39, 0.29) is 10.5 Å². The molecule has 0 aliphatic carbocycles. The Kier molecular flexibility index (Phi) is 5.20. The predicted octanol–water partition coefficient (Wildman–Crippen LogP) is 3.44. The van der Waals surface area contributed by atoms with E-state index >= 15 is 0 Å². The predicted molar refractivity (Wildman–Crippen MR) is 107 cm³/mol. The maximum atomic E-state index is 12.7. The number of methoxy groups -OCH3 is 2. The summed E-state index contributed by atoms with van der Waals surface area (Å²) in [5.74, 6) is -1.10. The van der Waals surface area contributed by atoms with Crippen LogP contribution < -0.4 is 4.90 Å². The Morgan fingerprint density at radius 3 is 2.50 bits per heavy atom. The molecule has 1 aromatic rings. The highest BCUT2D eigenvalue weighted by Crippen LogP contribution is 2.50. The molecule has 1 unspecified atom stereocenters. The summed E-state index contributed by atoms with van der Waals surface area (Å²) in [4.78, 5) is 27.4. The average Bonchev–Trinajstić information content (AvgIpc) is 2.69. The zero-order valence-electron chi connectivity index (χ0n) is 14.9. The van der Waals surface area contributed by atoms with Crippen molar-refractivity contribution in [2.24, 2.45) is 0 Å². The number of carbonyl (C=O) groups excluding carboxylic acids is 2. The third-order valence-corrected chi connectivity index (χ3v) is 6.66. The number of fused-ring (bicyclic) bond motifs is 1. The number of carbonyl (C=O) groups is 2. The van der Waals surface area contributed by atoms with Gasteiger partial charge in [0.15, 0.2) is 0 Å². The summed E-state index contributed by atoms with van der Waals surface area (Å²) >= 11 is 2.75. The van der Waals surface area contributed by atoms with E-state index in [2.05, 4.69) is 0 Å².